The highest BCUT2D eigenvalue weighted by atomic mass is 16.6. The minimum absolute atomic E-state index is 0.0619. The number of amides is 2. The lowest BCUT2D eigenvalue weighted by atomic mass is 10.2. The maximum absolute atomic E-state index is 12.0. The summed E-state index contributed by atoms with van der Waals surface area (Å²) in [7, 11) is 0. The second-order valence-corrected chi connectivity index (χ2v) is 5.34. The van der Waals surface area contributed by atoms with Gasteiger partial charge in [0.1, 0.15) is 17.2 Å². The van der Waals surface area contributed by atoms with Gasteiger partial charge in [-0.15, -0.1) is 0 Å². The largest absolute Gasteiger partial charge is 0.494 e. The number of carbonyl (C=O) groups is 1. The second kappa shape index (κ2) is 6.57. The number of hydrogen-bond acceptors (Lipinski definition) is 6. The molecule has 1 aliphatic rings. The van der Waals surface area contributed by atoms with Crippen molar-refractivity contribution in [1.82, 2.24) is 5.16 Å². The summed E-state index contributed by atoms with van der Waals surface area (Å²) in [6.07, 6.45) is 2.11. The third kappa shape index (κ3) is 3.62. The van der Waals surface area contributed by atoms with E-state index in [2.05, 4.69) is 15.8 Å². The van der Waals surface area contributed by atoms with E-state index in [1.54, 1.807) is 19.1 Å². The van der Waals surface area contributed by atoms with Gasteiger partial charge in [0.25, 0.3) is 5.69 Å². The van der Waals surface area contributed by atoms with Crippen molar-refractivity contribution in [1.29, 1.82) is 0 Å². The summed E-state index contributed by atoms with van der Waals surface area (Å²) < 4.78 is 10.4. The summed E-state index contributed by atoms with van der Waals surface area (Å²) in [5.41, 5.74) is -0.193. The Morgan fingerprint density at radius 3 is 2.88 bits per heavy atom. The van der Waals surface area contributed by atoms with Crippen LogP contribution in [0.2, 0.25) is 0 Å². The molecule has 1 aromatic heterocycles. The Morgan fingerprint density at radius 1 is 1.42 bits per heavy atom. The lowest BCUT2D eigenvalue weighted by molar-refractivity contribution is -0.384. The molecule has 0 aliphatic heterocycles. The number of nitro groups is 1. The van der Waals surface area contributed by atoms with E-state index in [4.69, 9.17) is 9.26 Å². The molecule has 2 N–H and O–H groups in total. The number of rotatable bonds is 6. The monoisotopic (exact) mass is 332 g/mol. The Hall–Kier alpha value is -3.10. The van der Waals surface area contributed by atoms with Crippen LogP contribution in [0.25, 0.3) is 0 Å². The van der Waals surface area contributed by atoms with Crippen LogP contribution in [0, 0.1) is 10.1 Å². The van der Waals surface area contributed by atoms with E-state index in [-0.39, 0.29) is 17.2 Å². The summed E-state index contributed by atoms with van der Waals surface area (Å²) in [6, 6.07) is 5.25. The lowest BCUT2D eigenvalue weighted by Crippen LogP contribution is -2.20. The number of nitrogens with zero attached hydrogens (tertiary/aromatic N) is 2. The quantitative estimate of drug-likeness (QED) is 0.617. The molecule has 3 rings (SSSR count). The fourth-order valence-corrected chi connectivity index (χ4v) is 2.20. The molecule has 0 bridgehead atoms. The number of ether oxygens (including phenoxy) is 1. The third-order valence-corrected chi connectivity index (χ3v) is 3.47. The number of urea groups is 1. The summed E-state index contributed by atoms with van der Waals surface area (Å²) >= 11 is 0. The molecule has 1 aromatic carbocycles. The Labute approximate surface area is 137 Å². The van der Waals surface area contributed by atoms with Gasteiger partial charge in [-0.25, -0.2) is 4.79 Å². The van der Waals surface area contributed by atoms with E-state index < -0.39 is 11.0 Å². The number of hydrogen-bond donors (Lipinski definition) is 2. The molecule has 1 heterocycles. The molecule has 0 spiro atoms. The molecule has 0 radical (unpaired) electrons. The van der Waals surface area contributed by atoms with Crippen LogP contribution in [0.15, 0.2) is 28.8 Å². The van der Waals surface area contributed by atoms with Crippen LogP contribution in [0.4, 0.5) is 22.0 Å². The second-order valence-electron chi connectivity index (χ2n) is 5.34. The fraction of sp³-hybridized carbons (Fsp3) is 0.333. The van der Waals surface area contributed by atoms with Gasteiger partial charge in [0.2, 0.25) is 0 Å². The van der Waals surface area contributed by atoms with Crippen LogP contribution >= 0.6 is 0 Å². The van der Waals surface area contributed by atoms with Crippen molar-refractivity contribution in [2.45, 2.75) is 25.7 Å². The molecule has 126 valence electrons. The Balaban J connectivity index is 1.69. The van der Waals surface area contributed by atoms with Crippen molar-refractivity contribution in [2.24, 2.45) is 0 Å². The molecule has 1 aliphatic carbocycles. The van der Waals surface area contributed by atoms with E-state index in [1.807, 2.05) is 0 Å². The Kier molecular flexibility index (Phi) is 4.32. The van der Waals surface area contributed by atoms with E-state index >= 15 is 0 Å². The van der Waals surface area contributed by atoms with Crippen molar-refractivity contribution in [2.75, 3.05) is 17.2 Å². The zero-order valence-corrected chi connectivity index (χ0v) is 12.9. The van der Waals surface area contributed by atoms with Gasteiger partial charge in [0.15, 0.2) is 5.82 Å². The van der Waals surface area contributed by atoms with Crippen LogP contribution in [0.3, 0.4) is 0 Å². The summed E-state index contributed by atoms with van der Waals surface area (Å²) in [5, 5.41) is 19.8. The van der Waals surface area contributed by atoms with Gasteiger partial charge in [-0.05, 0) is 31.9 Å². The van der Waals surface area contributed by atoms with Crippen molar-refractivity contribution >= 4 is 23.2 Å². The molecule has 0 unspecified atom stereocenters. The smallest absolute Gasteiger partial charge is 0.325 e. The van der Waals surface area contributed by atoms with Crippen molar-refractivity contribution in [3.8, 4) is 5.75 Å². The topological polar surface area (TPSA) is 120 Å². The van der Waals surface area contributed by atoms with E-state index in [9.17, 15) is 14.9 Å². The van der Waals surface area contributed by atoms with Gasteiger partial charge in [-0.1, -0.05) is 5.16 Å². The molecular weight excluding hydrogens is 316 g/mol. The zero-order chi connectivity index (χ0) is 17.1. The van der Waals surface area contributed by atoms with Crippen molar-refractivity contribution in [3.05, 3.63) is 40.1 Å². The van der Waals surface area contributed by atoms with E-state index in [0.29, 0.717) is 18.3 Å². The van der Waals surface area contributed by atoms with Gasteiger partial charge in [-0.2, -0.15) is 0 Å². The molecule has 0 saturated heterocycles. The molecule has 2 aromatic rings. The zero-order valence-electron chi connectivity index (χ0n) is 12.9. The first kappa shape index (κ1) is 15.8. The maximum Gasteiger partial charge on any atom is 0.325 e. The van der Waals surface area contributed by atoms with Crippen molar-refractivity contribution < 1.29 is 19.0 Å². The average molecular weight is 332 g/mol. The maximum atomic E-state index is 12.0. The van der Waals surface area contributed by atoms with Crippen LogP contribution in [-0.4, -0.2) is 22.7 Å². The SMILES string of the molecule is CCOc1ccc(NC(=O)Nc2cc(C3CC3)on2)c([N+](=O)[O-])c1. The third-order valence-electron chi connectivity index (χ3n) is 3.47. The number of aromatic nitrogens is 1. The first-order valence-electron chi connectivity index (χ1n) is 7.52. The molecule has 9 nitrogen and oxygen atoms in total. The molecular formula is C15H16N4O5. The molecule has 1 saturated carbocycles. The summed E-state index contributed by atoms with van der Waals surface area (Å²) in [5.74, 6) is 1.74. The van der Waals surface area contributed by atoms with Gasteiger partial charge in [0.05, 0.1) is 17.6 Å². The van der Waals surface area contributed by atoms with Crippen LogP contribution in [0.5, 0.6) is 5.75 Å². The molecule has 24 heavy (non-hydrogen) atoms. The van der Waals surface area contributed by atoms with E-state index in [0.717, 1.165) is 18.6 Å². The lowest BCUT2D eigenvalue weighted by Gasteiger charge is -2.08. The number of anilines is 2. The Morgan fingerprint density at radius 2 is 2.21 bits per heavy atom. The first-order valence-corrected chi connectivity index (χ1v) is 7.52. The van der Waals surface area contributed by atoms with E-state index in [1.165, 1.54) is 12.1 Å². The van der Waals surface area contributed by atoms with Crippen LogP contribution in [0.1, 0.15) is 31.4 Å². The number of carbonyl (C=O) groups excluding carboxylic acids is 1. The van der Waals surface area contributed by atoms with Crippen LogP contribution in [-0.2, 0) is 0 Å². The summed E-state index contributed by atoms with van der Waals surface area (Å²) in [4.78, 5) is 22.6. The highest BCUT2D eigenvalue weighted by Gasteiger charge is 2.28. The highest BCUT2D eigenvalue weighted by molar-refractivity contribution is 6.00. The number of nitro benzene ring substituents is 1. The first-order chi connectivity index (χ1) is 11.6. The minimum Gasteiger partial charge on any atom is -0.494 e. The van der Waals surface area contributed by atoms with Crippen molar-refractivity contribution in [3.63, 3.8) is 0 Å². The molecule has 2 amide bonds. The average Bonchev–Trinajstić information content (AvgIpc) is 3.29. The summed E-state index contributed by atoms with van der Waals surface area (Å²) in [6.45, 7) is 2.17. The Bertz CT molecular complexity index is 769. The fourth-order valence-electron chi connectivity index (χ4n) is 2.20. The number of benzene rings is 1. The van der Waals surface area contributed by atoms with Crippen LogP contribution < -0.4 is 15.4 Å². The molecule has 0 atom stereocenters. The standard InChI is InChI=1S/C15H16N4O5/c1-2-23-10-5-6-11(12(7-10)19(21)22)16-15(20)17-14-8-13(24-18-14)9-3-4-9/h5-9H,2-4H2,1H3,(H2,16,17,18,20). The predicted octanol–water partition coefficient (Wildman–Crippen LogP) is 3.50. The molecule has 9 heteroatoms. The predicted molar refractivity (Wildman–Crippen MR) is 85.4 cm³/mol. The molecule has 1 fully saturated rings. The normalized spacial score (nSPS) is 13.4. The van der Waals surface area contributed by atoms with Gasteiger partial charge >= 0.3 is 6.03 Å². The minimum atomic E-state index is -0.641. The van der Waals surface area contributed by atoms with Gasteiger partial charge < -0.3 is 14.6 Å². The highest BCUT2D eigenvalue weighted by Crippen LogP contribution is 2.40. The van der Waals surface area contributed by atoms with Gasteiger partial charge in [-0.3, -0.25) is 15.4 Å². The number of nitrogens with one attached hydrogen (secondary N) is 2. The van der Waals surface area contributed by atoms with Gasteiger partial charge in [0, 0.05) is 12.0 Å².